The van der Waals surface area contributed by atoms with Crippen molar-refractivity contribution < 1.29 is 27.5 Å². The molecule has 2 amide bonds. The molecule has 0 bridgehead atoms. The van der Waals surface area contributed by atoms with Gasteiger partial charge in [-0.2, -0.15) is 10.2 Å². The SMILES string of the molecule is O=C(/C=C/c1ccc(OC(F)(F)F)cc1)N1CC[C@@H]2CN(C(=O)[C@@H]3CCC4=C(C3)N=NC4)C[C@@H]2CC1. The minimum absolute atomic E-state index is 0.000412. The maximum Gasteiger partial charge on any atom is 0.573 e. The van der Waals surface area contributed by atoms with Crippen LogP contribution >= 0.6 is 0 Å². The van der Waals surface area contributed by atoms with Gasteiger partial charge in [0, 0.05) is 44.6 Å². The summed E-state index contributed by atoms with van der Waals surface area (Å²) in [4.78, 5) is 29.8. The van der Waals surface area contributed by atoms with Gasteiger partial charge in [-0.25, -0.2) is 0 Å². The lowest BCUT2D eigenvalue weighted by molar-refractivity contribution is -0.274. The van der Waals surface area contributed by atoms with Crippen molar-refractivity contribution in [1.82, 2.24) is 9.80 Å². The van der Waals surface area contributed by atoms with Crippen LogP contribution in [0.4, 0.5) is 13.2 Å². The molecule has 1 aliphatic carbocycles. The van der Waals surface area contributed by atoms with Crippen LogP contribution in [0.3, 0.4) is 0 Å². The quantitative estimate of drug-likeness (QED) is 0.555. The molecule has 4 aliphatic rings. The van der Waals surface area contributed by atoms with E-state index in [1.165, 1.54) is 35.9 Å². The molecule has 0 radical (unpaired) electrons. The number of hydrogen-bond acceptors (Lipinski definition) is 5. The Morgan fingerprint density at radius 1 is 1.00 bits per heavy atom. The van der Waals surface area contributed by atoms with Crippen molar-refractivity contribution in [2.75, 3.05) is 32.7 Å². The Hall–Kier alpha value is -3.17. The lowest BCUT2D eigenvalue weighted by Crippen LogP contribution is -2.37. The molecule has 7 nitrogen and oxygen atoms in total. The average molecular weight is 503 g/mol. The standard InChI is InChI=1S/C26H29F3N4O3/c27-26(28,29)36-22-6-1-17(2-7-22)3-8-24(34)32-11-9-20-15-33(16-21(20)10-12-32)25(35)18-4-5-19-14-30-31-23(19)13-18/h1-3,6-8,18,20-21H,4-5,9-16H2/b8-3+/t18-,20-,21+/m1/s1. The fourth-order valence-corrected chi connectivity index (χ4v) is 5.73. The van der Waals surface area contributed by atoms with Crippen LogP contribution in [0, 0.1) is 17.8 Å². The number of nitrogens with zero attached hydrogens (tertiary/aromatic N) is 4. The summed E-state index contributed by atoms with van der Waals surface area (Å²) >= 11 is 0. The van der Waals surface area contributed by atoms with Crippen LogP contribution in [-0.4, -0.2) is 60.7 Å². The molecule has 2 saturated heterocycles. The molecule has 3 heterocycles. The van der Waals surface area contributed by atoms with E-state index in [4.69, 9.17) is 0 Å². The number of rotatable bonds is 4. The molecule has 0 N–H and O–H groups in total. The summed E-state index contributed by atoms with van der Waals surface area (Å²) in [7, 11) is 0. The first-order valence-electron chi connectivity index (χ1n) is 12.4. The second-order valence-electron chi connectivity index (χ2n) is 10.0. The van der Waals surface area contributed by atoms with Crippen LogP contribution < -0.4 is 4.74 Å². The van der Waals surface area contributed by atoms with Gasteiger partial charge in [-0.05, 0) is 66.9 Å². The average Bonchev–Trinajstić information content (AvgIpc) is 3.44. The summed E-state index contributed by atoms with van der Waals surface area (Å²) in [6, 6.07) is 5.39. The number of benzene rings is 1. The maximum absolute atomic E-state index is 13.2. The largest absolute Gasteiger partial charge is 0.573 e. The summed E-state index contributed by atoms with van der Waals surface area (Å²) < 4.78 is 40.8. The van der Waals surface area contributed by atoms with E-state index >= 15 is 0 Å². The number of allylic oxidation sites excluding steroid dienone is 1. The Bertz CT molecular complexity index is 1080. The molecule has 2 fully saturated rings. The van der Waals surface area contributed by atoms with Crippen molar-refractivity contribution >= 4 is 17.9 Å². The molecule has 36 heavy (non-hydrogen) atoms. The van der Waals surface area contributed by atoms with Gasteiger partial charge in [-0.1, -0.05) is 12.1 Å². The Labute approximate surface area is 207 Å². The number of ether oxygens (including phenoxy) is 1. The summed E-state index contributed by atoms with van der Waals surface area (Å²) in [5.41, 5.74) is 2.92. The van der Waals surface area contributed by atoms with E-state index < -0.39 is 6.36 Å². The van der Waals surface area contributed by atoms with Crippen molar-refractivity contribution in [3.8, 4) is 5.75 Å². The number of halogens is 3. The monoisotopic (exact) mass is 502 g/mol. The lowest BCUT2D eigenvalue weighted by atomic mass is 9.87. The number of amides is 2. The van der Waals surface area contributed by atoms with Crippen LogP contribution in [0.25, 0.3) is 6.08 Å². The Morgan fingerprint density at radius 3 is 2.36 bits per heavy atom. The van der Waals surface area contributed by atoms with Crippen LogP contribution in [0.15, 0.2) is 51.8 Å². The van der Waals surface area contributed by atoms with Gasteiger partial charge in [-0.15, -0.1) is 13.2 Å². The zero-order valence-electron chi connectivity index (χ0n) is 19.9. The number of alkyl halides is 3. The van der Waals surface area contributed by atoms with Crippen molar-refractivity contribution in [3.05, 3.63) is 47.2 Å². The van der Waals surface area contributed by atoms with Crippen LogP contribution in [0.2, 0.25) is 0 Å². The third kappa shape index (κ3) is 5.63. The molecule has 1 aromatic carbocycles. The zero-order valence-corrected chi connectivity index (χ0v) is 19.9. The van der Waals surface area contributed by atoms with Gasteiger partial charge < -0.3 is 14.5 Å². The Morgan fingerprint density at radius 2 is 1.69 bits per heavy atom. The fraction of sp³-hybridized carbons (Fsp3) is 0.538. The van der Waals surface area contributed by atoms with Gasteiger partial charge in [0.15, 0.2) is 0 Å². The number of azo groups is 1. The van der Waals surface area contributed by atoms with Crippen LogP contribution in [0.5, 0.6) is 5.75 Å². The summed E-state index contributed by atoms with van der Waals surface area (Å²) in [5.74, 6) is 0.602. The molecule has 192 valence electrons. The van der Waals surface area contributed by atoms with E-state index in [1.54, 1.807) is 6.08 Å². The number of carbonyl (C=O) groups is 2. The van der Waals surface area contributed by atoms with Gasteiger partial charge in [0.2, 0.25) is 11.8 Å². The van der Waals surface area contributed by atoms with Gasteiger partial charge in [0.05, 0.1) is 12.2 Å². The molecule has 5 rings (SSSR count). The maximum atomic E-state index is 13.2. The molecular formula is C26H29F3N4O3. The number of likely N-dealkylation sites (tertiary alicyclic amines) is 2. The molecule has 0 saturated carbocycles. The molecule has 0 spiro atoms. The molecule has 0 aromatic heterocycles. The summed E-state index contributed by atoms with van der Waals surface area (Å²) in [5, 5.41) is 8.32. The molecule has 3 atom stereocenters. The van der Waals surface area contributed by atoms with Gasteiger partial charge in [0.1, 0.15) is 5.75 Å². The molecule has 3 aliphatic heterocycles. The predicted molar refractivity (Wildman–Crippen MR) is 126 cm³/mol. The Kier molecular flexibility index (Phi) is 6.85. The number of fused-ring (bicyclic) bond motifs is 1. The highest BCUT2D eigenvalue weighted by Gasteiger charge is 2.40. The normalized spacial score (nSPS) is 26.2. The third-order valence-electron chi connectivity index (χ3n) is 7.72. The third-order valence-corrected chi connectivity index (χ3v) is 7.72. The van der Waals surface area contributed by atoms with E-state index in [0.717, 1.165) is 44.5 Å². The first kappa shape index (κ1) is 24.5. The first-order chi connectivity index (χ1) is 17.2. The summed E-state index contributed by atoms with van der Waals surface area (Å²) in [6.07, 6.45) is 2.52. The number of hydrogen-bond donors (Lipinski definition) is 0. The van der Waals surface area contributed by atoms with E-state index in [1.807, 2.05) is 9.80 Å². The molecule has 1 aromatic rings. The Balaban J connectivity index is 1.11. The number of carbonyl (C=O) groups excluding carboxylic acids is 2. The second-order valence-corrected chi connectivity index (χ2v) is 10.0. The van der Waals surface area contributed by atoms with Crippen LogP contribution in [-0.2, 0) is 9.59 Å². The molecule has 10 heteroatoms. The highest BCUT2D eigenvalue weighted by atomic mass is 19.4. The minimum atomic E-state index is -4.73. The molecule has 0 unspecified atom stereocenters. The van der Waals surface area contributed by atoms with Gasteiger partial charge in [0.25, 0.3) is 0 Å². The van der Waals surface area contributed by atoms with Crippen molar-refractivity contribution in [2.45, 2.75) is 38.5 Å². The van der Waals surface area contributed by atoms with Gasteiger partial charge >= 0.3 is 6.36 Å². The van der Waals surface area contributed by atoms with Crippen molar-refractivity contribution in [3.63, 3.8) is 0 Å². The van der Waals surface area contributed by atoms with E-state index in [9.17, 15) is 22.8 Å². The highest BCUT2D eigenvalue weighted by molar-refractivity contribution is 5.91. The summed E-state index contributed by atoms with van der Waals surface area (Å²) in [6.45, 7) is 3.45. The van der Waals surface area contributed by atoms with Gasteiger partial charge in [-0.3, -0.25) is 9.59 Å². The fourth-order valence-electron chi connectivity index (χ4n) is 5.73. The second kappa shape index (κ2) is 10.1. The predicted octanol–water partition coefficient (Wildman–Crippen LogP) is 4.82. The zero-order chi connectivity index (χ0) is 25.3. The van der Waals surface area contributed by atoms with E-state index in [0.29, 0.717) is 43.5 Å². The molecular weight excluding hydrogens is 473 g/mol. The minimum Gasteiger partial charge on any atom is -0.406 e. The smallest absolute Gasteiger partial charge is 0.406 e. The highest BCUT2D eigenvalue weighted by Crippen LogP contribution is 2.37. The van der Waals surface area contributed by atoms with E-state index in [-0.39, 0.29) is 23.5 Å². The van der Waals surface area contributed by atoms with E-state index in [2.05, 4.69) is 15.0 Å². The topological polar surface area (TPSA) is 74.6 Å². The first-order valence-corrected chi connectivity index (χ1v) is 12.4. The van der Waals surface area contributed by atoms with Crippen LogP contribution in [0.1, 0.15) is 37.7 Å². The lowest BCUT2D eigenvalue weighted by Gasteiger charge is -2.27. The van der Waals surface area contributed by atoms with Crippen molar-refractivity contribution in [2.24, 2.45) is 28.0 Å². The van der Waals surface area contributed by atoms with Crippen molar-refractivity contribution in [1.29, 1.82) is 0 Å².